The van der Waals surface area contributed by atoms with Gasteiger partial charge in [0.05, 0.1) is 11.0 Å². The van der Waals surface area contributed by atoms with Crippen molar-refractivity contribution in [3.63, 3.8) is 0 Å². The van der Waals surface area contributed by atoms with Crippen LogP contribution in [0.25, 0.3) is 11.0 Å². The average molecular weight is 287 g/mol. The van der Waals surface area contributed by atoms with Gasteiger partial charge in [-0.15, -0.1) is 0 Å². The Hall–Kier alpha value is -1.52. The molecular formula is C17H25N3O. The van der Waals surface area contributed by atoms with Crippen molar-refractivity contribution in [3.8, 4) is 0 Å². The van der Waals surface area contributed by atoms with Gasteiger partial charge in [-0.05, 0) is 43.0 Å². The van der Waals surface area contributed by atoms with Gasteiger partial charge in [-0.1, -0.05) is 19.9 Å². The molecule has 1 N–H and O–H groups in total. The highest BCUT2D eigenvalue weighted by Gasteiger charge is 2.19. The van der Waals surface area contributed by atoms with E-state index in [-0.39, 0.29) is 0 Å². The molecule has 1 heterocycles. The molecule has 0 aliphatic heterocycles. The van der Waals surface area contributed by atoms with Crippen LogP contribution in [-0.2, 0) is 4.74 Å². The number of nitrogens with one attached hydrogen (secondary N) is 1. The zero-order valence-electron chi connectivity index (χ0n) is 13.2. The average Bonchev–Trinajstić information content (AvgIpc) is 2.53. The summed E-state index contributed by atoms with van der Waals surface area (Å²) in [6, 6.07) is 6.69. The second-order valence-corrected chi connectivity index (χ2v) is 5.50. The van der Waals surface area contributed by atoms with Gasteiger partial charge in [0.25, 0.3) is 0 Å². The number of rotatable bonds is 8. The lowest BCUT2D eigenvalue weighted by Gasteiger charge is -2.26. The largest absolute Gasteiger partial charge is 0.385 e. The number of fused-ring (bicyclic) bond motifs is 1. The number of hydrogen-bond acceptors (Lipinski definition) is 4. The summed E-state index contributed by atoms with van der Waals surface area (Å²) in [5, 5.41) is 3.66. The summed E-state index contributed by atoms with van der Waals surface area (Å²) >= 11 is 0. The SMILES string of the molecule is CCCNC(c1ccc2nccnc2c1)C(C)CCOC. The van der Waals surface area contributed by atoms with Gasteiger partial charge in [0.15, 0.2) is 0 Å². The molecule has 2 aromatic rings. The Morgan fingerprint density at radius 3 is 2.67 bits per heavy atom. The third-order valence-corrected chi connectivity index (χ3v) is 3.81. The summed E-state index contributed by atoms with van der Waals surface area (Å²) in [6.07, 6.45) is 5.64. The fourth-order valence-corrected chi connectivity index (χ4v) is 2.59. The van der Waals surface area contributed by atoms with Crippen LogP contribution in [0.4, 0.5) is 0 Å². The first kappa shape index (κ1) is 15.9. The fourth-order valence-electron chi connectivity index (χ4n) is 2.59. The zero-order valence-corrected chi connectivity index (χ0v) is 13.2. The first-order valence-electron chi connectivity index (χ1n) is 7.69. The lowest BCUT2D eigenvalue weighted by atomic mass is 9.91. The van der Waals surface area contributed by atoms with Gasteiger partial charge in [0.1, 0.15) is 0 Å². The van der Waals surface area contributed by atoms with Crippen LogP contribution < -0.4 is 5.32 Å². The molecule has 0 bridgehead atoms. The fraction of sp³-hybridized carbons (Fsp3) is 0.529. The van der Waals surface area contributed by atoms with Crippen LogP contribution in [0.2, 0.25) is 0 Å². The van der Waals surface area contributed by atoms with Crippen LogP contribution >= 0.6 is 0 Å². The van der Waals surface area contributed by atoms with Crippen molar-refractivity contribution in [2.24, 2.45) is 5.92 Å². The number of ether oxygens (including phenoxy) is 1. The molecule has 0 fully saturated rings. The van der Waals surface area contributed by atoms with Gasteiger partial charge in [0.2, 0.25) is 0 Å². The maximum atomic E-state index is 5.22. The van der Waals surface area contributed by atoms with E-state index in [1.807, 2.05) is 0 Å². The van der Waals surface area contributed by atoms with Crippen LogP contribution in [-0.4, -0.2) is 30.2 Å². The van der Waals surface area contributed by atoms with Crippen molar-refractivity contribution in [2.75, 3.05) is 20.3 Å². The van der Waals surface area contributed by atoms with Crippen LogP contribution in [0.5, 0.6) is 0 Å². The molecular weight excluding hydrogens is 262 g/mol. The van der Waals surface area contributed by atoms with E-state index in [4.69, 9.17) is 4.74 Å². The van der Waals surface area contributed by atoms with Crippen molar-refractivity contribution in [2.45, 2.75) is 32.7 Å². The second kappa shape index (κ2) is 8.05. The molecule has 21 heavy (non-hydrogen) atoms. The molecule has 2 atom stereocenters. The Morgan fingerprint density at radius 2 is 1.95 bits per heavy atom. The van der Waals surface area contributed by atoms with E-state index in [0.717, 1.165) is 37.0 Å². The van der Waals surface area contributed by atoms with Crippen molar-refractivity contribution < 1.29 is 4.74 Å². The third kappa shape index (κ3) is 4.22. The normalized spacial score (nSPS) is 14.2. The molecule has 1 aromatic heterocycles. The highest BCUT2D eigenvalue weighted by Crippen LogP contribution is 2.26. The topological polar surface area (TPSA) is 47.0 Å². The van der Waals surface area contributed by atoms with Crippen molar-refractivity contribution in [1.29, 1.82) is 0 Å². The maximum absolute atomic E-state index is 5.22. The van der Waals surface area contributed by atoms with Crippen molar-refractivity contribution >= 4 is 11.0 Å². The van der Waals surface area contributed by atoms with Gasteiger partial charge in [-0.3, -0.25) is 9.97 Å². The molecule has 0 saturated carbocycles. The van der Waals surface area contributed by atoms with Crippen LogP contribution in [0, 0.1) is 5.92 Å². The predicted molar refractivity (Wildman–Crippen MR) is 86.2 cm³/mol. The maximum Gasteiger partial charge on any atom is 0.0890 e. The van der Waals surface area contributed by atoms with E-state index in [2.05, 4.69) is 47.3 Å². The number of nitrogens with zero attached hydrogens (tertiary/aromatic N) is 2. The van der Waals surface area contributed by atoms with E-state index in [1.54, 1.807) is 19.5 Å². The number of aromatic nitrogens is 2. The minimum atomic E-state index is 0.325. The zero-order chi connectivity index (χ0) is 15.1. The molecule has 4 nitrogen and oxygen atoms in total. The smallest absolute Gasteiger partial charge is 0.0890 e. The Bertz CT molecular complexity index is 558. The van der Waals surface area contributed by atoms with E-state index >= 15 is 0 Å². The predicted octanol–water partition coefficient (Wildman–Crippen LogP) is 3.34. The molecule has 0 aliphatic carbocycles. The Kier molecular flexibility index (Phi) is 6.08. The van der Waals surface area contributed by atoms with Crippen molar-refractivity contribution in [3.05, 3.63) is 36.2 Å². The summed E-state index contributed by atoms with van der Waals surface area (Å²) in [5.41, 5.74) is 3.18. The van der Waals surface area contributed by atoms with E-state index in [0.29, 0.717) is 12.0 Å². The minimum absolute atomic E-state index is 0.325. The van der Waals surface area contributed by atoms with Crippen LogP contribution in [0.1, 0.15) is 38.3 Å². The Labute approximate surface area is 127 Å². The van der Waals surface area contributed by atoms with E-state index in [1.165, 1.54) is 5.56 Å². The molecule has 0 aliphatic rings. The molecule has 0 radical (unpaired) electrons. The summed E-state index contributed by atoms with van der Waals surface area (Å²) in [7, 11) is 1.76. The molecule has 4 heteroatoms. The van der Waals surface area contributed by atoms with Gasteiger partial charge < -0.3 is 10.1 Å². The number of methoxy groups -OCH3 is 1. The summed E-state index contributed by atoms with van der Waals surface area (Å²) in [6.45, 7) is 6.27. The molecule has 0 amide bonds. The Balaban J connectivity index is 2.24. The first-order valence-corrected chi connectivity index (χ1v) is 7.69. The van der Waals surface area contributed by atoms with Crippen LogP contribution in [0.3, 0.4) is 0 Å². The summed E-state index contributed by atoms with van der Waals surface area (Å²) in [5.74, 6) is 0.505. The number of benzene rings is 1. The van der Waals surface area contributed by atoms with Gasteiger partial charge >= 0.3 is 0 Å². The second-order valence-electron chi connectivity index (χ2n) is 5.50. The molecule has 1 aromatic carbocycles. The molecule has 2 rings (SSSR count). The quantitative estimate of drug-likeness (QED) is 0.809. The first-order chi connectivity index (χ1) is 10.3. The standard InChI is InChI=1S/C17H25N3O/c1-4-8-20-17(13(2)7-11-21-3)14-5-6-15-16(12-14)19-10-9-18-15/h5-6,9-10,12-13,17,20H,4,7-8,11H2,1-3H3. The van der Waals surface area contributed by atoms with Gasteiger partial charge in [0, 0.05) is 32.2 Å². The highest BCUT2D eigenvalue weighted by atomic mass is 16.5. The monoisotopic (exact) mass is 287 g/mol. The lowest BCUT2D eigenvalue weighted by molar-refractivity contribution is 0.170. The minimum Gasteiger partial charge on any atom is -0.385 e. The molecule has 2 unspecified atom stereocenters. The molecule has 0 spiro atoms. The summed E-state index contributed by atoms with van der Waals surface area (Å²) < 4.78 is 5.22. The lowest BCUT2D eigenvalue weighted by Crippen LogP contribution is -2.28. The highest BCUT2D eigenvalue weighted by molar-refractivity contribution is 5.74. The Morgan fingerprint density at radius 1 is 1.19 bits per heavy atom. The third-order valence-electron chi connectivity index (χ3n) is 3.81. The van der Waals surface area contributed by atoms with E-state index < -0.39 is 0 Å². The molecule has 0 saturated heterocycles. The molecule has 114 valence electrons. The number of hydrogen-bond donors (Lipinski definition) is 1. The van der Waals surface area contributed by atoms with E-state index in [9.17, 15) is 0 Å². The van der Waals surface area contributed by atoms with Gasteiger partial charge in [-0.25, -0.2) is 0 Å². The van der Waals surface area contributed by atoms with Crippen molar-refractivity contribution in [1.82, 2.24) is 15.3 Å². The van der Waals surface area contributed by atoms with Crippen LogP contribution in [0.15, 0.2) is 30.6 Å². The van der Waals surface area contributed by atoms with Gasteiger partial charge in [-0.2, -0.15) is 0 Å². The summed E-state index contributed by atoms with van der Waals surface area (Å²) in [4.78, 5) is 8.75.